The third-order valence-corrected chi connectivity index (χ3v) is 6.95. The Balaban J connectivity index is 0.000000278. The molecule has 3 rings (SSSR count). The van der Waals surface area contributed by atoms with Crippen molar-refractivity contribution in [3.8, 4) is 0 Å². The molecule has 0 radical (unpaired) electrons. The molecule has 1 unspecified atom stereocenters. The van der Waals surface area contributed by atoms with Gasteiger partial charge in [0.2, 0.25) is 5.91 Å². The van der Waals surface area contributed by atoms with Crippen LogP contribution in [0, 0.1) is 13.8 Å². The van der Waals surface area contributed by atoms with E-state index < -0.39 is 10.1 Å². The second kappa shape index (κ2) is 12.5. The first-order chi connectivity index (χ1) is 15.1. The van der Waals surface area contributed by atoms with Gasteiger partial charge in [-0.15, -0.1) is 0 Å². The summed E-state index contributed by atoms with van der Waals surface area (Å²) in [4.78, 5) is 15.0. The predicted molar refractivity (Wildman–Crippen MR) is 133 cm³/mol. The van der Waals surface area contributed by atoms with E-state index >= 15 is 0 Å². The molecule has 1 aliphatic heterocycles. The number of para-hydroxylation sites is 1. The zero-order valence-corrected chi connectivity index (χ0v) is 21.4. The van der Waals surface area contributed by atoms with Gasteiger partial charge in [-0.1, -0.05) is 53.9 Å². The maximum absolute atomic E-state index is 12.7. The molecule has 0 saturated carbocycles. The molecular weight excluding hydrogens is 492 g/mol. The van der Waals surface area contributed by atoms with Crippen LogP contribution in [0.2, 0.25) is 0 Å². The predicted octanol–water partition coefficient (Wildman–Crippen LogP) is 5.59. The number of carbonyl (C=O) groups is 1. The van der Waals surface area contributed by atoms with Gasteiger partial charge in [0.05, 0.1) is 10.9 Å². The van der Waals surface area contributed by atoms with E-state index in [9.17, 15) is 13.2 Å². The Labute approximate surface area is 200 Å². The van der Waals surface area contributed by atoms with E-state index in [4.69, 9.17) is 4.55 Å². The van der Waals surface area contributed by atoms with E-state index in [1.807, 2.05) is 6.07 Å². The Hall–Kier alpha value is -1.74. The lowest BCUT2D eigenvalue weighted by Gasteiger charge is -2.34. The lowest BCUT2D eigenvalue weighted by atomic mass is 10.00. The van der Waals surface area contributed by atoms with Crippen LogP contribution in [0.1, 0.15) is 50.2 Å². The van der Waals surface area contributed by atoms with Crippen LogP contribution in [-0.4, -0.2) is 42.9 Å². The number of amides is 1. The molecule has 1 saturated heterocycles. The van der Waals surface area contributed by atoms with Gasteiger partial charge < -0.3 is 5.32 Å². The highest BCUT2D eigenvalue weighted by atomic mass is 79.9. The van der Waals surface area contributed by atoms with E-state index in [-0.39, 0.29) is 16.8 Å². The van der Waals surface area contributed by atoms with Gasteiger partial charge in [0.15, 0.2) is 0 Å². The van der Waals surface area contributed by atoms with Gasteiger partial charge in [0, 0.05) is 10.2 Å². The van der Waals surface area contributed by atoms with Crippen LogP contribution in [0.5, 0.6) is 0 Å². The van der Waals surface area contributed by atoms with Gasteiger partial charge >= 0.3 is 0 Å². The standard InChI is InChI=1S/C18H28N2O.C6H5BrO3S/c1-4-5-12-20-13-7-6-11-16(20)18(21)19-17-14(2)9-8-10-15(17)3;7-5-1-3-6(4-2-5)11(8,9)10/h8-10,16H,4-7,11-13H2,1-3H3,(H,19,21);1-4H,(H,8,9,10). The second-order valence-electron chi connectivity index (χ2n) is 8.09. The highest BCUT2D eigenvalue weighted by Crippen LogP contribution is 2.23. The van der Waals surface area contributed by atoms with Crippen molar-refractivity contribution in [1.29, 1.82) is 0 Å². The fourth-order valence-electron chi connectivity index (χ4n) is 3.74. The molecule has 32 heavy (non-hydrogen) atoms. The molecule has 0 spiro atoms. The molecule has 1 amide bonds. The number of rotatable bonds is 6. The van der Waals surface area contributed by atoms with Crippen LogP contribution in [0.4, 0.5) is 5.69 Å². The number of nitrogens with one attached hydrogen (secondary N) is 1. The van der Waals surface area contributed by atoms with Crippen molar-refractivity contribution >= 4 is 37.6 Å². The van der Waals surface area contributed by atoms with Crippen molar-refractivity contribution in [2.45, 2.75) is 63.8 Å². The summed E-state index contributed by atoms with van der Waals surface area (Å²) < 4.78 is 30.3. The summed E-state index contributed by atoms with van der Waals surface area (Å²) in [6.45, 7) is 8.42. The summed E-state index contributed by atoms with van der Waals surface area (Å²) in [7, 11) is -4.04. The third-order valence-electron chi connectivity index (χ3n) is 5.56. The quantitative estimate of drug-likeness (QED) is 0.480. The maximum atomic E-state index is 12.7. The van der Waals surface area contributed by atoms with Gasteiger partial charge in [0.25, 0.3) is 10.1 Å². The lowest BCUT2D eigenvalue weighted by Crippen LogP contribution is -2.47. The molecule has 8 heteroatoms. The van der Waals surface area contributed by atoms with Gasteiger partial charge in [-0.25, -0.2) is 0 Å². The van der Waals surface area contributed by atoms with Crippen LogP contribution < -0.4 is 5.32 Å². The van der Waals surface area contributed by atoms with E-state index in [1.54, 1.807) is 12.1 Å². The summed E-state index contributed by atoms with van der Waals surface area (Å²) in [5, 5.41) is 3.17. The summed E-state index contributed by atoms with van der Waals surface area (Å²) in [5.74, 6) is 0.170. The number of carbonyl (C=O) groups excluding carboxylic acids is 1. The van der Waals surface area contributed by atoms with Crippen LogP contribution in [0.15, 0.2) is 51.8 Å². The first kappa shape index (κ1) is 26.5. The Morgan fingerprint density at radius 2 is 1.75 bits per heavy atom. The summed E-state index contributed by atoms with van der Waals surface area (Å²) in [6.07, 6.45) is 5.72. The van der Waals surface area contributed by atoms with Crippen LogP contribution in [0.3, 0.4) is 0 Å². The van der Waals surface area contributed by atoms with Gasteiger partial charge in [-0.3, -0.25) is 14.2 Å². The number of halogens is 1. The molecule has 1 aliphatic rings. The number of hydrogen-bond donors (Lipinski definition) is 2. The molecule has 1 atom stereocenters. The van der Waals surface area contributed by atoms with Crippen LogP contribution in [0.25, 0.3) is 0 Å². The maximum Gasteiger partial charge on any atom is 0.294 e. The average Bonchev–Trinajstić information content (AvgIpc) is 2.75. The third kappa shape index (κ3) is 7.99. The van der Waals surface area contributed by atoms with Crippen LogP contribution in [-0.2, 0) is 14.9 Å². The number of hydrogen-bond acceptors (Lipinski definition) is 4. The van der Waals surface area contributed by atoms with Crippen molar-refractivity contribution in [3.05, 3.63) is 58.1 Å². The minimum absolute atomic E-state index is 0.0457. The molecule has 2 aromatic rings. The molecular formula is C24H33BrN2O4S. The fourth-order valence-corrected chi connectivity index (χ4v) is 4.49. The van der Waals surface area contributed by atoms with E-state index in [0.29, 0.717) is 0 Å². The number of piperidine rings is 1. The first-order valence-electron chi connectivity index (χ1n) is 11.0. The molecule has 0 bridgehead atoms. The number of anilines is 1. The number of likely N-dealkylation sites (tertiary alicyclic amines) is 1. The van der Waals surface area contributed by atoms with Gasteiger partial charge in [-0.05, 0) is 81.6 Å². The molecule has 2 N–H and O–H groups in total. The summed E-state index contributed by atoms with van der Waals surface area (Å²) in [6, 6.07) is 11.9. The Bertz CT molecular complexity index is 973. The summed E-state index contributed by atoms with van der Waals surface area (Å²) in [5.41, 5.74) is 3.27. The highest BCUT2D eigenvalue weighted by Gasteiger charge is 2.28. The number of nitrogens with zero attached hydrogens (tertiary/aromatic N) is 1. The minimum atomic E-state index is -4.04. The largest absolute Gasteiger partial charge is 0.324 e. The SMILES string of the molecule is CCCCN1CCCCC1C(=O)Nc1c(C)cccc1C.O=S(=O)(O)c1ccc(Br)cc1. The number of benzene rings is 2. The zero-order valence-electron chi connectivity index (χ0n) is 19.0. The Kier molecular flexibility index (Phi) is 10.3. The van der Waals surface area contributed by atoms with Crippen molar-refractivity contribution in [2.24, 2.45) is 0 Å². The monoisotopic (exact) mass is 524 g/mol. The van der Waals surface area contributed by atoms with E-state index in [2.05, 4.69) is 59.1 Å². The lowest BCUT2D eigenvalue weighted by molar-refractivity contribution is -0.122. The molecule has 0 aromatic heterocycles. The normalized spacial score (nSPS) is 16.7. The van der Waals surface area contributed by atoms with Gasteiger partial charge in [0.1, 0.15) is 0 Å². The molecule has 0 aliphatic carbocycles. The van der Waals surface area contributed by atoms with Crippen molar-refractivity contribution in [3.63, 3.8) is 0 Å². The molecule has 1 fully saturated rings. The van der Waals surface area contributed by atoms with E-state index in [1.165, 1.54) is 31.4 Å². The average molecular weight is 526 g/mol. The smallest absolute Gasteiger partial charge is 0.294 e. The topological polar surface area (TPSA) is 86.7 Å². The van der Waals surface area contributed by atoms with Crippen molar-refractivity contribution in [2.75, 3.05) is 18.4 Å². The molecule has 176 valence electrons. The minimum Gasteiger partial charge on any atom is -0.324 e. The zero-order chi connectivity index (χ0) is 23.7. The number of aryl methyl sites for hydroxylation is 2. The Morgan fingerprint density at radius 3 is 2.31 bits per heavy atom. The fraction of sp³-hybridized carbons (Fsp3) is 0.458. The highest BCUT2D eigenvalue weighted by molar-refractivity contribution is 9.10. The summed E-state index contributed by atoms with van der Waals surface area (Å²) >= 11 is 3.14. The molecule has 1 heterocycles. The first-order valence-corrected chi connectivity index (χ1v) is 13.2. The van der Waals surface area contributed by atoms with Crippen molar-refractivity contribution < 1.29 is 17.8 Å². The van der Waals surface area contributed by atoms with Gasteiger partial charge in [-0.2, -0.15) is 8.42 Å². The molecule has 2 aromatic carbocycles. The second-order valence-corrected chi connectivity index (χ2v) is 10.4. The van der Waals surface area contributed by atoms with Crippen LogP contribution >= 0.6 is 15.9 Å². The van der Waals surface area contributed by atoms with Crippen molar-refractivity contribution in [1.82, 2.24) is 4.90 Å². The number of unbranched alkanes of at least 4 members (excludes halogenated alkanes) is 1. The van der Waals surface area contributed by atoms with E-state index in [0.717, 1.165) is 47.2 Å². The molecule has 6 nitrogen and oxygen atoms in total. The Morgan fingerprint density at radius 1 is 1.12 bits per heavy atom.